The number of ether oxygens (including phenoxy) is 2. The molecular formula is C38H48N4O6. The number of hydrogen-bond donors (Lipinski definition) is 6. The number of H-pyrrole nitrogens is 4. The molecular weight excluding hydrogens is 608 g/mol. The zero-order valence-electron chi connectivity index (χ0n) is 29.2. The number of aromatic nitrogens is 4. The Morgan fingerprint density at radius 3 is 1.69 bits per heavy atom. The van der Waals surface area contributed by atoms with Crippen molar-refractivity contribution in [3.8, 4) is 0 Å². The lowest BCUT2D eigenvalue weighted by Crippen LogP contribution is -2.15. The summed E-state index contributed by atoms with van der Waals surface area (Å²) in [4.78, 5) is 37.9. The number of fused-ring (bicyclic) bond motifs is 8. The normalized spacial score (nSPS) is 13.7. The highest BCUT2D eigenvalue weighted by atomic mass is 16.5. The fourth-order valence-electron chi connectivity index (χ4n) is 7.12. The first-order valence-corrected chi connectivity index (χ1v) is 16.8. The number of carbonyl (C=O) groups is 2. The van der Waals surface area contributed by atoms with Crippen molar-refractivity contribution in [2.45, 2.75) is 93.3 Å². The highest BCUT2D eigenvalue weighted by molar-refractivity contribution is 5.70. The van der Waals surface area contributed by atoms with Crippen molar-refractivity contribution >= 4 is 36.2 Å². The molecule has 5 heterocycles. The first-order valence-electron chi connectivity index (χ1n) is 16.8. The van der Waals surface area contributed by atoms with Crippen LogP contribution in [0.15, 0.2) is 0 Å². The van der Waals surface area contributed by atoms with E-state index in [2.05, 4.69) is 65.9 Å². The van der Waals surface area contributed by atoms with Crippen molar-refractivity contribution in [3.63, 3.8) is 0 Å². The van der Waals surface area contributed by atoms with Crippen LogP contribution in [0.25, 0.3) is 24.3 Å². The van der Waals surface area contributed by atoms with E-state index in [1.807, 2.05) is 33.8 Å². The van der Waals surface area contributed by atoms with Crippen molar-refractivity contribution in [2.24, 2.45) is 0 Å². The van der Waals surface area contributed by atoms with Crippen LogP contribution in [-0.2, 0) is 31.9 Å². The molecule has 8 bridgehead atoms. The van der Waals surface area contributed by atoms with Crippen molar-refractivity contribution in [3.05, 3.63) is 88.7 Å². The average molecular weight is 657 g/mol. The minimum absolute atomic E-state index is 0.0145. The van der Waals surface area contributed by atoms with E-state index < -0.39 is 11.9 Å². The number of carboxylic acid groups (broad SMARTS) is 2. The molecule has 0 amide bonds. The van der Waals surface area contributed by atoms with E-state index in [4.69, 9.17) is 9.47 Å². The molecule has 0 saturated carbocycles. The smallest absolute Gasteiger partial charge is 0.303 e. The SMILES string of the molecule is CCOC(C)c1c2[nH]c(c1C)C=c1[nH]c(c(C)c1C(C)OCC)=Cc1[nH]c(c(CCC(=O)O)c1C)C=c1[nH]c(c(C)c1CCC(=O)O)=C2. The lowest BCUT2D eigenvalue weighted by atomic mass is 10.0. The zero-order chi connectivity index (χ0) is 34.9. The molecule has 1 aliphatic heterocycles. The fraction of sp³-hybridized carbons (Fsp3) is 0.421. The molecule has 0 aromatic carbocycles. The molecule has 10 nitrogen and oxygen atoms in total. The van der Waals surface area contributed by atoms with Crippen LogP contribution in [0.5, 0.6) is 0 Å². The highest BCUT2D eigenvalue weighted by Gasteiger charge is 2.21. The predicted octanol–water partition coefficient (Wildman–Crippen LogP) is 4.09. The van der Waals surface area contributed by atoms with Crippen molar-refractivity contribution in [2.75, 3.05) is 13.2 Å². The van der Waals surface area contributed by atoms with Crippen molar-refractivity contribution in [1.29, 1.82) is 0 Å². The Morgan fingerprint density at radius 2 is 1.06 bits per heavy atom. The molecule has 5 rings (SSSR count). The summed E-state index contributed by atoms with van der Waals surface area (Å²) in [5.41, 5.74) is 11.5. The second kappa shape index (κ2) is 14.3. The Labute approximate surface area is 280 Å². The number of aliphatic carboxylic acids is 2. The third kappa shape index (κ3) is 6.86. The van der Waals surface area contributed by atoms with Gasteiger partial charge in [0, 0.05) is 81.4 Å². The van der Waals surface area contributed by atoms with Gasteiger partial charge >= 0.3 is 11.9 Å². The maximum atomic E-state index is 11.7. The van der Waals surface area contributed by atoms with Crippen LogP contribution in [0.2, 0.25) is 0 Å². The summed E-state index contributed by atoms with van der Waals surface area (Å²) in [5, 5.41) is 22.7. The maximum absolute atomic E-state index is 11.7. The Kier molecular flexibility index (Phi) is 10.4. The number of rotatable bonds is 12. The van der Waals surface area contributed by atoms with Crippen LogP contribution in [0, 0.1) is 27.7 Å². The lowest BCUT2D eigenvalue weighted by molar-refractivity contribution is -0.138. The fourth-order valence-corrected chi connectivity index (χ4v) is 7.12. The van der Waals surface area contributed by atoms with E-state index in [0.29, 0.717) is 26.1 Å². The van der Waals surface area contributed by atoms with Crippen LogP contribution in [-0.4, -0.2) is 55.3 Å². The lowest BCUT2D eigenvalue weighted by Gasteiger charge is -2.13. The number of aromatic amines is 4. The molecule has 1 aliphatic rings. The van der Waals surface area contributed by atoms with Gasteiger partial charge in [0.1, 0.15) is 0 Å². The minimum atomic E-state index is -0.869. The van der Waals surface area contributed by atoms with Gasteiger partial charge in [0.25, 0.3) is 0 Å². The molecule has 48 heavy (non-hydrogen) atoms. The molecule has 2 atom stereocenters. The van der Waals surface area contributed by atoms with Crippen molar-refractivity contribution in [1.82, 2.24) is 19.9 Å². The second-order valence-electron chi connectivity index (χ2n) is 12.7. The van der Waals surface area contributed by atoms with E-state index in [-0.39, 0.29) is 25.0 Å². The van der Waals surface area contributed by atoms with Crippen LogP contribution in [0.3, 0.4) is 0 Å². The molecule has 256 valence electrons. The number of carboxylic acids is 2. The van der Waals surface area contributed by atoms with E-state index in [1.165, 1.54) is 0 Å². The molecule has 4 aromatic heterocycles. The van der Waals surface area contributed by atoms with E-state index in [0.717, 1.165) is 88.7 Å². The highest BCUT2D eigenvalue weighted by Crippen LogP contribution is 2.29. The predicted molar refractivity (Wildman–Crippen MR) is 187 cm³/mol. The van der Waals surface area contributed by atoms with Crippen LogP contribution >= 0.6 is 0 Å². The Bertz CT molecular complexity index is 2110. The summed E-state index contributed by atoms with van der Waals surface area (Å²) in [7, 11) is 0. The Hall–Kier alpha value is -4.54. The first kappa shape index (κ1) is 34.8. The minimum Gasteiger partial charge on any atom is -0.481 e. The van der Waals surface area contributed by atoms with Crippen LogP contribution in [0.1, 0.15) is 120 Å². The maximum Gasteiger partial charge on any atom is 0.303 e. The third-order valence-electron chi connectivity index (χ3n) is 9.62. The summed E-state index contributed by atoms with van der Waals surface area (Å²) in [5.74, 6) is -1.74. The summed E-state index contributed by atoms with van der Waals surface area (Å²) < 4.78 is 12.2. The second-order valence-corrected chi connectivity index (χ2v) is 12.7. The molecule has 10 heteroatoms. The van der Waals surface area contributed by atoms with Gasteiger partial charge in [0.2, 0.25) is 0 Å². The monoisotopic (exact) mass is 656 g/mol. The summed E-state index contributed by atoms with van der Waals surface area (Å²) in [6.45, 7) is 17.5. The summed E-state index contributed by atoms with van der Waals surface area (Å²) in [6.07, 6.45) is 8.62. The molecule has 0 aliphatic carbocycles. The van der Waals surface area contributed by atoms with Gasteiger partial charge in [-0.1, -0.05) is 0 Å². The Morgan fingerprint density at radius 1 is 0.583 bits per heavy atom. The molecule has 0 spiro atoms. The third-order valence-corrected chi connectivity index (χ3v) is 9.62. The van der Waals surface area contributed by atoms with Gasteiger partial charge in [-0.25, -0.2) is 0 Å². The standard InChI is InChI=1S/C38H48N4O6/c1-9-47-23(7)37-21(5)29-15-27-19(3)25(11-13-35(43)44)31(39-27)18-32-26(12-14-36(45)46)20(4)28(40-32)16-33-38(24(8)48-10-2)22(6)30(42-33)17-34(37)41-29/h15-18,23-24,39-42H,9-14H2,1-8H3,(H,43,44)(H,45,46). The molecule has 0 radical (unpaired) electrons. The molecule has 6 N–H and O–H groups in total. The van der Waals surface area contributed by atoms with Crippen LogP contribution in [0.4, 0.5) is 0 Å². The summed E-state index contributed by atoms with van der Waals surface area (Å²) in [6, 6.07) is 0. The topological polar surface area (TPSA) is 156 Å². The Balaban J connectivity index is 1.93. The van der Waals surface area contributed by atoms with Gasteiger partial charge in [-0.2, -0.15) is 0 Å². The summed E-state index contributed by atoms with van der Waals surface area (Å²) >= 11 is 0. The average Bonchev–Trinajstić information content (AvgIpc) is 3.68. The zero-order valence-corrected chi connectivity index (χ0v) is 29.2. The van der Waals surface area contributed by atoms with Gasteiger partial charge in [0.15, 0.2) is 0 Å². The molecule has 0 fully saturated rings. The number of nitrogens with one attached hydrogen (secondary N) is 4. The van der Waals surface area contributed by atoms with Gasteiger partial charge < -0.3 is 39.6 Å². The van der Waals surface area contributed by atoms with Gasteiger partial charge in [0.05, 0.1) is 12.2 Å². The molecule has 4 aromatic rings. The van der Waals surface area contributed by atoms with Crippen molar-refractivity contribution < 1.29 is 29.3 Å². The van der Waals surface area contributed by atoms with Gasteiger partial charge in [-0.15, -0.1) is 0 Å². The molecule has 2 unspecified atom stereocenters. The van der Waals surface area contributed by atoms with Gasteiger partial charge in [-0.05, 0) is 126 Å². The van der Waals surface area contributed by atoms with E-state index in [9.17, 15) is 19.8 Å². The van der Waals surface area contributed by atoms with E-state index >= 15 is 0 Å². The van der Waals surface area contributed by atoms with Crippen LogP contribution < -0.4 is 21.4 Å². The quantitative estimate of drug-likeness (QED) is 0.119. The van der Waals surface area contributed by atoms with E-state index in [1.54, 1.807) is 0 Å². The molecule has 0 saturated heterocycles. The first-order chi connectivity index (χ1) is 22.8. The number of hydrogen-bond acceptors (Lipinski definition) is 4. The largest absolute Gasteiger partial charge is 0.481 e. The van der Waals surface area contributed by atoms with Gasteiger partial charge in [-0.3, -0.25) is 9.59 Å².